The minimum atomic E-state index is -0.838. The van der Waals surface area contributed by atoms with Crippen molar-refractivity contribution in [3.05, 3.63) is 101 Å². The van der Waals surface area contributed by atoms with Crippen molar-refractivity contribution >= 4 is 23.5 Å². The van der Waals surface area contributed by atoms with Crippen LogP contribution in [0.3, 0.4) is 0 Å². The van der Waals surface area contributed by atoms with E-state index in [1.807, 2.05) is 54.6 Å². The van der Waals surface area contributed by atoms with E-state index in [9.17, 15) is 9.59 Å². The van der Waals surface area contributed by atoms with Crippen LogP contribution >= 0.6 is 11.6 Å². The van der Waals surface area contributed by atoms with Gasteiger partial charge in [-0.25, -0.2) is 4.79 Å². The third-order valence-corrected chi connectivity index (χ3v) is 4.85. The molecule has 0 spiro atoms. The maximum absolute atomic E-state index is 12.5. The molecule has 0 saturated heterocycles. The number of amides is 1. The van der Waals surface area contributed by atoms with Gasteiger partial charge in [0.2, 0.25) is 0 Å². The number of ether oxygens (including phenoxy) is 2. The van der Waals surface area contributed by atoms with Gasteiger partial charge in [0, 0.05) is 6.42 Å². The van der Waals surface area contributed by atoms with E-state index in [2.05, 4.69) is 5.32 Å². The van der Waals surface area contributed by atoms with Crippen molar-refractivity contribution in [1.29, 1.82) is 0 Å². The van der Waals surface area contributed by atoms with Crippen LogP contribution in [0.25, 0.3) is 0 Å². The fraction of sp³-hybridized carbons (Fsp3) is 0.167. The van der Waals surface area contributed by atoms with Gasteiger partial charge in [-0.3, -0.25) is 4.79 Å². The Hall–Kier alpha value is -3.31. The number of hydrogen-bond acceptors (Lipinski definition) is 4. The summed E-state index contributed by atoms with van der Waals surface area (Å²) in [5, 5.41) is 3.02. The van der Waals surface area contributed by atoms with Gasteiger partial charge >= 0.3 is 5.97 Å². The average Bonchev–Trinajstić information content (AvgIpc) is 2.78. The molecule has 3 rings (SSSR count). The van der Waals surface area contributed by atoms with Gasteiger partial charge in [0.1, 0.15) is 18.4 Å². The van der Waals surface area contributed by atoms with E-state index in [0.29, 0.717) is 17.2 Å². The zero-order chi connectivity index (χ0) is 21.3. The second-order valence-electron chi connectivity index (χ2n) is 6.65. The molecule has 154 valence electrons. The second kappa shape index (κ2) is 10.5. The molecule has 0 unspecified atom stereocenters. The first-order chi connectivity index (χ1) is 14.6. The van der Waals surface area contributed by atoms with Crippen LogP contribution in [-0.2, 0) is 22.6 Å². The number of benzene rings is 3. The van der Waals surface area contributed by atoms with E-state index in [1.54, 1.807) is 24.3 Å². The summed E-state index contributed by atoms with van der Waals surface area (Å²) >= 11 is 6.08. The van der Waals surface area contributed by atoms with Crippen molar-refractivity contribution in [1.82, 2.24) is 5.32 Å². The van der Waals surface area contributed by atoms with Crippen LogP contribution in [0.2, 0.25) is 5.02 Å². The molecule has 3 aromatic rings. The number of hydrogen-bond donors (Lipinski definition) is 1. The summed E-state index contributed by atoms with van der Waals surface area (Å²) in [5.41, 5.74) is 2.24. The number of esters is 1. The molecule has 3 aromatic carbocycles. The van der Waals surface area contributed by atoms with E-state index >= 15 is 0 Å². The summed E-state index contributed by atoms with van der Waals surface area (Å²) in [5.74, 6) is -0.240. The highest BCUT2D eigenvalue weighted by Gasteiger charge is 2.23. The lowest BCUT2D eigenvalue weighted by Crippen LogP contribution is -2.43. The zero-order valence-corrected chi connectivity index (χ0v) is 17.3. The van der Waals surface area contributed by atoms with Crippen LogP contribution in [0.4, 0.5) is 0 Å². The van der Waals surface area contributed by atoms with Crippen molar-refractivity contribution in [3.8, 4) is 5.75 Å². The summed E-state index contributed by atoms with van der Waals surface area (Å²) in [6, 6.07) is 23.1. The molecule has 1 atom stereocenters. The maximum Gasteiger partial charge on any atom is 0.328 e. The molecule has 1 amide bonds. The van der Waals surface area contributed by atoms with Crippen LogP contribution < -0.4 is 10.1 Å². The summed E-state index contributed by atoms with van der Waals surface area (Å²) in [6.45, 7) is 0.471. The van der Waals surface area contributed by atoms with Crippen molar-refractivity contribution < 1.29 is 19.1 Å². The fourth-order valence-electron chi connectivity index (χ4n) is 2.92. The third-order valence-electron chi connectivity index (χ3n) is 4.52. The van der Waals surface area contributed by atoms with Gasteiger partial charge in [0.15, 0.2) is 0 Å². The molecule has 0 aliphatic heterocycles. The lowest BCUT2D eigenvalue weighted by molar-refractivity contribution is -0.142. The molecular formula is C24H22ClNO4. The summed E-state index contributed by atoms with van der Waals surface area (Å²) in [4.78, 5) is 24.7. The molecule has 6 heteroatoms. The molecule has 0 aliphatic rings. The summed E-state index contributed by atoms with van der Waals surface area (Å²) < 4.78 is 10.6. The van der Waals surface area contributed by atoms with Crippen LogP contribution in [0.5, 0.6) is 5.75 Å². The van der Waals surface area contributed by atoms with Gasteiger partial charge in [-0.1, -0.05) is 66.2 Å². The minimum absolute atomic E-state index is 0.280. The van der Waals surface area contributed by atoms with Crippen molar-refractivity contribution in [2.45, 2.75) is 19.1 Å². The Kier molecular flexibility index (Phi) is 7.46. The molecule has 0 heterocycles. The number of methoxy groups -OCH3 is 1. The normalized spacial score (nSPS) is 11.4. The SMILES string of the molecule is COC(=O)[C@@H](Cc1ccc(OCc2ccccc2)cc1)NC(=O)c1ccccc1Cl. The van der Waals surface area contributed by atoms with Crippen molar-refractivity contribution in [2.75, 3.05) is 7.11 Å². The molecule has 0 fully saturated rings. The monoisotopic (exact) mass is 423 g/mol. The van der Waals surface area contributed by atoms with Gasteiger partial charge in [0.25, 0.3) is 5.91 Å². The molecular weight excluding hydrogens is 402 g/mol. The highest BCUT2D eigenvalue weighted by Crippen LogP contribution is 2.17. The first-order valence-electron chi connectivity index (χ1n) is 9.45. The largest absolute Gasteiger partial charge is 0.489 e. The second-order valence-corrected chi connectivity index (χ2v) is 7.06. The molecule has 0 aromatic heterocycles. The molecule has 30 heavy (non-hydrogen) atoms. The van der Waals surface area contributed by atoms with Gasteiger partial charge in [0.05, 0.1) is 17.7 Å². The summed E-state index contributed by atoms with van der Waals surface area (Å²) in [7, 11) is 1.29. The lowest BCUT2D eigenvalue weighted by atomic mass is 10.0. The Balaban J connectivity index is 1.64. The Morgan fingerprint density at radius 3 is 2.23 bits per heavy atom. The standard InChI is InChI=1S/C24H22ClNO4/c1-29-24(28)22(26-23(27)20-9-5-6-10-21(20)25)15-17-11-13-19(14-12-17)30-16-18-7-3-2-4-8-18/h2-14,22H,15-16H2,1H3,(H,26,27)/t22-/m1/s1. The summed E-state index contributed by atoms with van der Waals surface area (Å²) in [6.07, 6.45) is 0.280. The van der Waals surface area contributed by atoms with Gasteiger partial charge in [-0.05, 0) is 35.4 Å². The number of carbonyl (C=O) groups is 2. The molecule has 0 saturated carbocycles. The van der Waals surface area contributed by atoms with Crippen molar-refractivity contribution in [2.24, 2.45) is 0 Å². The first-order valence-corrected chi connectivity index (χ1v) is 9.83. The number of rotatable bonds is 8. The van der Waals surface area contributed by atoms with Crippen LogP contribution in [0.1, 0.15) is 21.5 Å². The predicted octanol–water partition coefficient (Wildman–Crippen LogP) is 4.43. The first kappa shape index (κ1) is 21.4. The zero-order valence-electron chi connectivity index (χ0n) is 16.5. The highest BCUT2D eigenvalue weighted by molar-refractivity contribution is 6.33. The molecule has 0 bridgehead atoms. The van der Waals surface area contributed by atoms with Gasteiger partial charge in [-0.15, -0.1) is 0 Å². The highest BCUT2D eigenvalue weighted by atomic mass is 35.5. The Bertz CT molecular complexity index is 990. The predicted molar refractivity (Wildman–Crippen MR) is 116 cm³/mol. The van der Waals surface area contributed by atoms with Gasteiger partial charge < -0.3 is 14.8 Å². The number of nitrogens with one attached hydrogen (secondary N) is 1. The van der Waals surface area contributed by atoms with E-state index in [4.69, 9.17) is 21.1 Å². The maximum atomic E-state index is 12.5. The molecule has 5 nitrogen and oxygen atoms in total. The topological polar surface area (TPSA) is 64.6 Å². The van der Waals surface area contributed by atoms with Crippen LogP contribution in [0.15, 0.2) is 78.9 Å². The molecule has 0 radical (unpaired) electrons. The van der Waals surface area contributed by atoms with Crippen LogP contribution in [-0.4, -0.2) is 25.0 Å². The minimum Gasteiger partial charge on any atom is -0.489 e. The van der Waals surface area contributed by atoms with E-state index < -0.39 is 17.9 Å². The van der Waals surface area contributed by atoms with Crippen LogP contribution in [0, 0.1) is 0 Å². The number of carbonyl (C=O) groups excluding carboxylic acids is 2. The Labute approximate surface area is 180 Å². The Morgan fingerprint density at radius 1 is 0.900 bits per heavy atom. The lowest BCUT2D eigenvalue weighted by Gasteiger charge is -2.17. The average molecular weight is 424 g/mol. The fourth-order valence-corrected chi connectivity index (χ4v) is 3.14. The van der Waals surface area contributed by atoms with Gasteiger partial charge in [-0.2, -0.15) is 0 Å². The van der Waals surface area contributed by atoms with E-state index in [0.717, 1.165) is 16.9 Å². The van der Waals surface area contributed by atoms with E-state index in [-0.39, 0.29) is 6.42 Å². The molecule has 0 aliphatic carbocycles. The third kappa shape index (κ3) is 5.84. The quantitative estimate of drug-likeness (QED) is 0.544. The van der Waals surface area contributed by atoms with E-state index in [1.165, 1.54) is 7.11 Å². The Morgan fingerprint density at radius 2 is 1.57 bits per heavy atom. The van der Waals surface area contributed by atoms with Crippen molar-refractivity contribution in [3.63, 3.8) is 0 Å². The molecule has 1 N–H and O–H groups in total. The number of halogens is 1. The smallest absolute Gasteiger partial charge is 0.328 e.